The molecule has 0 aromatic heterocycles. The second-order valence-corrected chi connectivity index (χ2v) is 5.00. The first-order valence-electron chi connectivity index (χ1n) is 6.64. The van der Waals surface area contributed by atoms with Crippen LogP contribution in [0.15, 0.2) is 42.5 Å². The van der Waals surface area contributed by atoms with E-state index in [2.05, 4.69) is 35.6 Å². The Balaban J connectivity index is 1.60. The molecule has 96 valence electrons. The van der Waals surface area contributed by atoms with Gasteiger partial charge in [-0.05, 0) is 36.1 Å². The molecule has 2 aromatic carbocycles. The Hall–Kier alpha value is -2.16. The van der Waals surface area contributed by atoms with E-state index in [1.807, 2.05) is 12.1 Å². The van der Waals surface area contributed by atoms with Gasteiger partial charge in [0.1, 0.15) is 0 Å². The zero-order valence-electron chi connectivity index (χ0n) is 10.6. The molecule has 3 heteroatoms. The van der Waals surface area contributed by atoms with Gasteiger partial charge >= 0.3 is 0 Å². The number of aryl methyl sites for hydroxylation is 1. The molecular weight excluding hydrogens is 238 g/mol. The van der Waals surface area contributed by atoms with Gasteiger partial charge < -0.3 is 14.8 Å². The van der Waals surface area contributed by atoms with Gasteiger partial charge in [0.05, 0.1) is 6.04 Å². The minimum atomic E-state index is 0.324. The minimum Gasteiger partial charge on any atom is -0.454 e. The molecule has 0 bridgehead atoms. The first kappa shape index (κ1) is 10.7. The van der Waals surface area contributed by atoms with E-state index in [0.29, 0.717) is 12.8 Å². The van der Waals surface area contributed by atoms with E-state index in [1.54, 1.807) is 0 Å². The summed E-state index contributed by atoms with van der Waals surface area (Å²) in [7, 11) is 0. The van der Waals surface area contributed by atoms with Gasteiger partial charge in [0.2, 0.25) is 6.79 Å². The number of hydrogen-bond acceptors (Lipinski definition) is 3. The van der Waals surface area contributed by atoms with Crippen LogP contribution in [0.1, 0.15) is 23.6 Å². The summed E-state index contributed by atoms with van der Waals surface area (Å²) < 4.78 is 10.7. The first-order chi connectivity index (χ1) is 9.40. The smallest absolute Gasteiger partial charge is 0.231 e. The summed E-state index contributed by atoms with van der Waals surface area (Å²) in [6, 6.07) is 15.1. The van der Waals surface area contributed by atoms with Crippen LogP contribution in [0.3, 0.4) is 0 Å². The summed E-state index contributed by atoms with van der Waals surface area (Å²) in [5, 5.41) is 3.59. The van der Waals surface area contributed by atoms with Crippen molar-refractivity contribution in [2.45, 2.75) is 18.9 Å². The van der Waals surface area contributed by atoms with Crippen molar-refractivity contribution < 1.29 is 9.47 Å². The van der Waals surface area contributed by atoms with Crippen molar-refractivity contribution in [3.8, 4) is 11.5 Å². The first-order valence-corrected chi connectivity index (χ1v) is 6.64. The van der Waals surface area contributed by atoms with Crippen molar-refractivity contribution in [2.24, 2.45) is 0 Å². The van der Waals surface area contributed by atoms with E-state index >= 15 is 0 Å². The van der Waals surface area contributed by atoms with Crippen molar-refractivity contribution >= 4 is 5.69 Å². The molecule has 3 nitrogen and oxygen atoms in total. The van der Waals surface area contributed by atoms with Crippen LogP contribution in [0.5, 0.6) is 11.5 Å². The van der Waals surface area contributed by atoms with E-state index in [-0.39, 0.29) is 0 Å². The molecule has 1 N–H and O–H groups in total. The average Bonchev–Trinajstić information content (AvgIpc) is 3.06. The van der Waals surface area contributed by atoms with Crippen LogP contribution in [0, 0.1) is 0 Å². The molecule has 0 spiro atoms. The van der Waals surface area contributed by atoms with E-state index < -0.39 is 0 Å². The topological polar surface area (TPSA) is 30.5 Å². The predicted octanol–water partition coefficient (Wildman–Crippen LogP) is 3.51. The summed E-state index contributed by atoms with van der Waals surface area (Å²) in [6.45, 7) is 0.324. The fraction of sp³-hybridized carbons (Fsp3) is 0.250. The summed E-state index contributed by atoms with van der Waals surface area (Å²) in [5.41, 5.74) is 3.96. The van der Waals surface area contributed by atoms with Crippen molar-refractivity contribution in [3.05, 3.63) is 53.6 Å². The molecule has 1 aliphatic carbocycles. The lowest BCUT2D eigenvalue weighted by atomic mass is 10.1. The van der Waals surface area contributed by atoms with Crippen LogP contribution in [0.25, 0.3) is 0 Å². The number of anilines is 1. The second kappa shape index (κ2) is 4.19. The van der Waals surface area contributed by atoms with Crippen molar-refractivity contribution in [3.63, 3.8) is 0 Å². The minimum absolute atomic E-state index is 0.324. The third-order valence-electron chi connectivity index (χ3n) is 3.85. The van der Waals surface area contributed by atoms with Gasteiger partial charge in [-0.1, -0.05) is 24.3 Å². The molecule has 19 heavy (non-hydrogen) atoms. The average molecular weight is 253 g/mol. The Kier molecular flexibility index (Phi) is 2.37. The van der Waals surface area contributed by atoms with Gasteiger partial charge in [-0.15, -0.1) is 0 Å². The monoisotopic (exact) mass is 253 g/mol. The van der Waals surface area contributed by atoms with Gasteiger partial charge in [-0.25, -0.2) is 0 Å². The highest BCUT2D eigenvalue weighted by atomic mass is 16.7. The zero-order valence-corrected chi connectivity index (χ0v) is 10.6. The van der Waals surface area contributed by atoms with E-state index in [4.69, 9.17) is 9.47 Å². The number of hydrogen-bond donors (Lipinski definition) is 1. The van der Waals surface area contributed by atoms with Gasteiger partial charge in [0.15, 0.2) is 11.5 Å². The van der Waals surface area contributed by atoms with E-state index in [0.717, 1.165) is 30.0 Å². The van der Waals surface area contributed by atoms with Gasteiger partial charge in [0.25, 0.3) is 0 Å². The van der Waals surface area contributed by atoms with Crippen molar-refractivity contribution in [2.75, 3.05) is 12.1 Å². The number of ether oxygens (including phenoxy) is 2. The Morgan fingerprint density at radius 2 is 1.89 bits per heavy atom. The molecular formula is C16H15NO2. The molecule has 0 saturated carbocycles. The van der Waals surface area contributed by atoms with E-state index in [1.165, 1.54) is 11.1 Å². The maximum atomic E-state index is 5.41. The predicted molar refractivity (Wildman–Crippen MR) is 73.7 cm³/mol. The molecule has 1 unspecified atom stereocenters. The fourth-order valence-corrected chi connectivity index (χ4v) is 2.89. The second-order valence-electron chi connectivity index (χ2n) is 5.00. The number of fused-ring (bicyclic) bond motifs is 2. The van der Waals surface area contributed by atoms with Gasteiger partial charge in [0, 0.05) is 11.8 Å². The molecule has 2 aromatic rings. The number of rotatable bonds is 2. The summed E-state index contributed by atoms with van der Waals surface area (Å²) in [5.74, 6) is 1.66. The van der Waals surface area contributed by atoms with Crippen LogP contribution < -0.4 is 14.8 Å². The Morgan fingerprint density at radius 1 is 1.00 bits per heavy atom. The lowest BCUT2D eigenvalue weighted by Crippen LogP contribution is -2.06. The van der Waals surface area contributed by atoms with Gasteiger partial charge in [-0.2, -0.15) is 0 Å². The van der Waals surface area contributed by atoms with E-state index in [9.17, 15) is 0 Å². The number of nitrogens with one attached hydrogen (secondary N) is 1. The van der Waals surface area contributed by atoms with Gasteiger partial charge in [-0.3, -0.25) is 0 Å². The summed E-state index contributed by atoms with van der Waals surface area (Å²) >= 11 is 0. The number of benzene rings is 2. The third kappa shape index (κ3) is 1.82. The molecule has 0 saturated heterocycles. The largest absolute Gasteiger partial charge is 0.454 e. The highest BCUT2D eigenvalue weighted by molar-refractivity contribution is 5.57. The van der Waals surface area contributed by atoms with Crippen LogP contribution in [0.4, 0.5) is 5.69 Å². The van der Waals surface area contributed by atoms with Crippen LogP contribution in [-0.4, -0.2) is 6.79 Å². The molecule has 1 aliphatic heterocycles. The quantitative estimate of drug-likeness (QED) is 0.888. The fourth-order valence-electron chi connectivity index (χ4n) is 2.89. The molecule has 1 heterocycles. The zero-order chi connectivity index (χ0) is 12.7. The lowest BCUT2D eigenvalue weighted by Gasteiger charge is -2.15. The maximum Gasteiger partial charge on any atom is 0.231 e. The SMILES string of the molecule is c1ccc2c(c1)CCC2Nc1ccc2c(c1)OCO2. The van der Waals surface area contributed by atoms with Crippen LogP contribution in [0.2, 0.25) is 0 Å². The molecule has 0 fully saturated rings. The van der Waals surface area contributed by atoms with Crippen LogP contribution >= 0.6 is 0 Å². The Morgan fingerprint density at radius 3 is 2.89 bits per heavy atom. The van der Waals surface area contributed by atoms with Crippen molar-refractivity contribution in [1.82, 2.24) is 0 Å². The Labute approximate surface area is 112 Å². The summed E-state index contributed by atoms with van der Waals surface area (Å²) in [6.07, 6.45) is 2.30. The molecule has 4 rings (SSSR count). The highest BCUT2D eigenvalue weighted by Crippen LogP contribution is 2.38. The highest BCUT2D eigenvalue weighted by Gasteiger charge is 2.22. The molecule has 2 aliphatic rings. The lowest BCUT2D eigenvalue weighted by molar-refractivity contribution is 0.174. The molecule has 0 amide bonds. The molecule has 1 atom stereocenters. The van der Waals surface area contributed by atoms with Crippen molar-refractivity contribution in [1.29, 1.82) is 0 Å². The maximum absolute atomic E-state index is 5.41. The normalized spacial score (nSPS) is 19.3. The molecule has 0 radical (unpaired) electrons. The van der Waals surface area contributed by atoms with Crippen LogP contribution in [-0.2, 0) is 6.42 Å². The third-order valence-corrected chi connectivity index (χ3v) is 3.85. The standard InChI is InChI=1S/C16H15NO2/c1-2-4-13-11(3-1)5-7-14(13)17-12-6-8-15-16(9-12)19-10-18-15/h1-4,6,8-9,14,17H,5,7,10H2. The summed E-state index contributed by atoms with van der Waals surface area (Å²) in [4.78, 5) is 0. The Bertz CT molecular complexity index is 624.